The van der Waals surface area contributed by atoms with Crippen LogP contribution in [0, 0.1) is 5.82 Å². The van der Waals surface area contributed by atoms with Crippen molar-refractivity contribution in [3.63, 3.8) is 0 Å². The highest BCUT2D eigenvalue weighted by Gasteiger charge is 2.28. The molecule has 1 nitrogen and oxygen atoms in total. The summed E-state index contributed by atoms with van der Waals surface area (Å²) in [5.74, 6) is -0.340. The van der Waals surface area contributed by atoms with E-state index in [2.05, 4.69) is 0 Å². The fraction of sp³-hybridized carbons (Fsp3) is 0.455. The molecule has 0 N–H and O–H groups in total. The molecule has 0 aliphatic rings. The maximum Gasteiger partial charge on any atom is 0.401 e. The molecule has 0 aliphatic carbocycles. The topological polar surface area (TPSA) is 3.24 Å². The van der Waals surface area contributed by atoms with Crippen molar-refractivity contribution in [2.45, 2.75) is 12.6 Å². The van der Waals surface area contributed by atoms with Crippen LogP contribution < -0.4 is 0 Å². The summed E-state index contributed by atoms with van der Waals surface area (Å²) in [5.41, 5.74) is 0.829. The van der Waals surface area contributed by atoms with Crippen molar-refractivity contribution in [1.82, 2.24) is 4.90 Å². The molecule has 0 heterocycles. The third-order valence-electron chi connectivity index (χ3n) is 2.14. The van der Waals surface area contributed by atoms with Gasteiger partial charge in [0.25, 0.3) is 0 Å². The van der Waals surface area contributed by atoms with Gasteiger partial charge in [0.1, 0.15) is 5.82 Å². The average molecular weight is 235 g/mol. The van der Waals surface area contributed by atoms with Gasteiger partial charge in [-0.05, 0) is 31.2 Å². The zero-order valence-corrected chi connectivity index (χ0v) is 8.89. The predicted molar refractivity (Wildman–Crippen MR) is 53.7 cm³/mol. The first-order valence-corrected chi connectivity index (χ1v) is 4.86. The van der Waals surface area contributed by atoms with Gasteiger partial charge < -0.3 is 0 Å². The van der Waals surface area contributed by atoms with E-state index in [0.717, 1.165) is 5.56 Å². The first kappa shape index (κ1) is 13.0. The minimum absolute atomic E-state index is 0.297. The molecule has 0 saturated heterocycles. The van der Waals surface area contributed by atoms with Gasteiger partial charge in [-0.15, -0.1) is 0 Å². The zero-order chi connectivity index (χ0) is 12.2. The molecule has 5 heteroatoms. The fourth-order valence-electron chi connectivity index (χ4n) is 1.36. The number of halogens is 4. The van der Waals surface area contributed by atoms with Crippen molar-refractivity contribution in [2.75, 3.05) is 20.1 Å². The molecule has 16 heavy (non-hydrogen) atoms. The minimum atomic E-state index is -4.17. The van der Waals surface area contributed by atoms with E-state index in [1.807, 2.05) is 0 Å². The van der Waals surface area contributed by atoms with Crippen LogP contribution in [-0.2, 0) is 6.42 Å². The molecule has 90 valence electrons. The third kappa shape index (κ3) is 5.11. The lowest BCUT2D eigenvalue weighted by Gasteiger charge is -2.18. The van der Waals surface area contributed by atoms with Crippen LogP contribution in [0.2, 0.25) is 0 Å². The Morgan fingerprint density at radius 3 is 2.19 bits per heavy atom. The molecule has 0 fully saturated rings. The van der Waals surface area contributed by atoms with Gasteiger partial charge in [-0.25, -0.2) is 4.39 Å². The monoisotopic (exact) mass is 235 g/mol. The van der Waals surface area contributed by atoms with Gasteiger partial charge in [0.05, 0.1) is 6.54 Å². The largest absolute Gasteiger partial charge is 0.401 e. The molecule has 1 aromatic carbocycles. The van der Waals surface area contributed by atoms with Gasteiger partial charge in [0, 0.05) is 6.54 Å². The first-order chi connectivity index (χ1) is 7.37. The quantitative estimate of drug-likeness (QED) is 0.725. The smallest absolute Gasteiger partial charge is 0.298 e. The number of rotatable bonds is 4. The lowest BCUT2D eigenvalue weighted by atomic mass is 10.1. The van der Waals surface area contributed by atoms with Crippen LogP contribution in [0.15, 0.2) is 24.3 Å². The van der Waals surface area contributed by atoms with Gasteiger partial charge >= 0.3 is 6.18 Å². The van der Waals surface area contributed by atoms with E-state index >= 15 is 0 Å². The number of likely N-dealkylation sites (N-methyl/N-ethyl adjacent to an activating group) is 1. The van der Waals surface area contributed by atoms with Crippen LogP contribution in [-0.4, -0.2) is 31.2 Å². The highest BCUT2D eigenvalue weighted by Crippen LogP contribution is 2.15. The summed E-state index contributed by atoms with van der Waals surface area (Å²) in [5, 5.41) is 0. The molecule has 0 amide bonds. The summed E-state index contributed by atoms with van der Waals surface area (Å²) in [6, 6.07) is 5.77. The summed E-state index contributed by atoms with van der Waals surface area (Å²) in [7, 11) is 1.41. The first-order valence-electron chi connectivity index (χ1n) is 4.86. The van der Waals surface area contributed by atoms with E-state index < -0.39 is 12.7 Å². The Balaban J connectivity index is 2.37. The Hall–Kier alpha value is -1.10. The van der Waals surface area contributed by atoms with Crippen molar-refractivity contribution in [3.05, 3.63) is 35.6 Å². The van der Waals surface area contributed by atoms with Crippen molar-refractivity contribution >= 4 is 0 Å². The molecule has 0 unspecified atom stereocenters. The van der Waals surface area contributed by atoms with Crippen LogP contribution in [0.3, 0.4) is 0 Å². The summed E-state index contributed by atoms with van der Waals surface area (Å²) in [4.78, 5) is 1.20. The van der Waals surface area contributed by atoms with Crippen LogP contribution in [0.5, 0.6) is 0 Å². The minimum Gasteiger partial charge on any atom is -0.298 e. The van der Waals surface area contributed by atoms with Crippen molar-refractivity contribution in [3.8, 4) is 0 Å². The highest BCUT2D eigenvalue weighted by atomic mass is 19.4. The summed E-state index contributed by atoms with van der Waals surface area (Å²) < 4.78 is 48.5. The molecule has 1 aromatic rings. The molecule has 0 saturated carbocycles. The van der Waals surface area contributed by atoms with Gasteiger partial charge in [-0.1, -0.05) is 12.1 Å². The zero-order valence-electron chi connectivity index (χ0n) is 8.89. The van der Waals surface area contributed by atoms with Crippen LogP contribution in [0.1, 0.15) is 5.56 Å². The molecule has 0 radical (unpaired) electrons. The Morgan fingerprint density at radius 1 is 1.12 bits per heavy atom. The second kappa shape index (κ2) is 5.30. The lowest BCUT2D eigenvalue weighted by Crippen LogP contribution is -2.32. The van der Waals surface area contributed by atoms with Crippen molar-refractivity contribution in [2.24, 2.45) is 0 Å². The molecule has 0 bridgehead atoms. The number of alkyl halides is 3. The van der Waals surface area contributed by atoms with E-state index in [4.69, 9.17) is 0 Å². The molecular formula is C11H13F4N. The van der Waals surface area contributed by atoms with Crippen LogP contribution >= 0.6 is 0 Å². The normalized spacial score (nSPS) is 12.1. The van der Waals surface area contributed by atoms with Crippen molar-refractivity contribution < 1.29 is 17.6 Å². The molecule has 0 aromatic heterocycles. The second-order valence-corrected chi connectivity index (χ2v) is 3.73. The van der Waals surface area contributed by atoms with E-state index in [-0.39, 0.29) is 5.82 Å². The van der Waals surface area contributed by atoms with Gasteiger partial charge in [0.2, 0.25) is 0 Å². The fourth-order valence-corrected chi connectivity index (χ4v) is 1.36. The summed E-state index contributed by atoms with van der Waals surface area (Å²) >= 11 is 0. The molecule has 0 atom stereocenters. The van der Waals surface area contributed by atoms with E-state index in [1.54, 1.807) is 12.1 Å². The third-order valence-corrected chi connectivity index (χ3v) is 2.14. The summed E-state index contributed by atoms with van der Waals surface area (Å²) in [6.45, 7) is -0.626. The number of hydrogen-bond donors (Lipinski definition) is 0. The summed E-state index contributed by atoms with van der Waals surface area (Å²) in [6.07, 6.45) is -3.69. The Kier molecular flexibility index (Phi) is 4.29. The number of hydrogen-bond acceptors (Lipinski definition) is 1. The Morgan fingerprint density at radius 2 is 1.69 bits per heavy atom. The molecular weight excluding hydrogens is 222 g/mol. The van der Waals surface area contributed by atoms with E-state index in [1.165, 1.54) is 24.1 Å². The average Bonchev–Trinajstić information content (AvgIpc) is 2.14. The van der Waals surface area contributed by atoms with E-state index in [9.17, 15) is 17.6 Å². The van der Waals surface area contributed by atoms with E-state index in [0.29, 0.717) is 13.0 Å². The molecule has 1 rings (SSSR count). The van der Waals surface area contributed by atoms with Gasteiger partial charge in [-0.2, -0.15) is 13.2 Å². The standard InChI is InChI=1S/C11H13F4N/c1-16(8-11(13,14)15)7-6-9-2-4-10(12)5-3-9/h2-5H,6-8H2,1H3. The Labute approximate surface area is 91.7 Å². The maximum atomic E-state index is 12.5. The highest BCUT2D eigenvalue weighted by molar-refractivity contribution is 5.16. The van der Waals surface area contributed by atoms with Gasteiger partial charge in [0.15, 0.2) is 0 Å². The van der Waals surface area contributed by atoms with Gasteiger partial charge in [-0.3, -0.25) is 4.90 Å². The second-order valence-electron chi connectivity index (χ2n) is 3.73. The maximum absolute atomic E-state index is 12.5. The SMILES string of the molecule is CN(CCc1ccc(F)cc1)CC(F)(F)F. The van der Waals surface area contributed by atoms with Crippen LogP contribution in [0.4, 0.5) is 17.6 Å². The molecule has 0 aliphatic heterocycles. The number of benzene rings is 1. The Bertz CT molecular complexity index is 318. The number of nitrogens with zero attached hydrogens (tertiary/aromatic N) is 1. The van der Waals surface area contributed by atoms with Crippen LogP contribution in [0.25, 0.3) is 0 Å². The predicted octanol–water partition coefficient (Wildman–Crippen LogP) is 2.86. The lowest BCUT2D eigenvalue weighted by molar-refractivity contribution is -0.142. The van der Waals surface area contributed by atoms with Crippen molar-refractivity contribution in [1.29, 1.82) is 0 Å². The molecule has 0 spiro atoms.